The molecule has 6 nitrogen and oxygen atoms in total. The zero-order valence-corrected chi connectivity index (χ0v) is 16.6. The number of rotatable bonds is 8. The maximum absolute atomic E-state index is 12.5. The number of ether oxygens (including phenoxy) is 2. The molecule has 3 rings (SSSR count). The van der Waals surface area contributed by atoms with E-state index >= 15 is 0 Å². The van der Waals surface area contributed by atoms with Gasteiger partial charge < -0.3 is 19.2 Å². The first kappa shape index (κ1) is 19.7. The van der Waals surface area contributed by atoms with E-state index < -0.39 is 0 Å². The number of hydrogen-bond acceptors (Lipinski definition) is 5. The van der Waals surface area contributed by atoms with Crippen molar-refractivity contribution >= 4 is 11.6 Å². The van der Waals surface area contributed by atoms with Gasteiger partial charge in [-0.05, 0) is 29.8 Å². The molecule has 148 valence electrons. The van der Waals surface area contributed by atoms with Crippen molar-refractivity contribution in [1.29, 1.82) is 0 Å². The van der Waals surface area contributed by atoms with E-state index in [1.54, 1.807) is 14.2 Å². The van der Waals surface area contributed by atoms with Gasteiger partial charge in [0.25, 0.3) is 0 Å². The quantitative estimate of drug-likeness (QED) is 0.699. The summed E-state index contributed by atoms with van der Waals surface area (Å²) in [5.41, 5.74) is 2.78. The minimum atomic E-state index is -0.180. The van der Waals surface area contributed by atoms with Crippen LogP contribution < -0.4 is 9.47 Å². The van der Waals surface area contributed by atoms with E-state index in [4.69, 9.17) is 14.3 Å². The second-order valence-corrected chi connectivity index (χ2v) is 6.65. The average Bonchev–Trinajstić information content (AvgIpc) is 3.21. The van der Waals surface area contributed by atoms with Gasteiger partial charge in [-0.1, -0.05) is 36.3 Å². The Kier molecular flexibility index (Phi) is 6.53. The van der Waals surface area contributed by atoms with E-state index in [0.717, 1.165) is 28.3 Å². The molecule has 0 saturated heterocycles. The Morgan fingerprint density at radius 2 is 2.00 bits per heavy atom. The van der Waals surface area contributed by atoms with Gasteiger partial charge in [0.05, 0.1) is 26.5 Å². The molecular weight excluding hydrogens is 356 g/mol. The Morgan fingerprint density at radius 1 is 1.18 bits per heavy atom. The molecule has 0 fully saturated rings. The first-order chi connectivity index (χ1) is 13.6. The monoisotopic (exact) mass is 382 g/mol. The standard InChI is InChI=1S/C22H26N2O4/c1-4-22(25)24(14-16-8-7-9-17(12-16)26-2)15-18-13-20(23-28-18)19-10-5-6-11-21(19)27-3/h5-12,18H,4,13-15H2,1-3H3. The molecule has 0 aromatic heterocycles. The Labute approximate surface area is 165 Å². The van der Waals surface area contributed by atoms with Crippen LogP contribution in [-0.4, -0.2) is 43.4 Å². The highest BCUT2D eigenvalue weighted by molar-refractivity contribution is 6.03. The molecule has 1 heterocycles. The summed E-state index contributed by atoms with van der Waals surface area (Å²) in [7, 11) is 3.28. The zero-order chi connectivity index (χ0) is 19.9. The highest BCUT2D eigenvalue weighted by Gasteiger charge is 2.27. The first-order valence-electron chi connectivity index (χ1n) is 9.41. The molecule has 0 saturated carbocycles. The number of carbonyl (C=O) groups excluding carboxylic acids is 1. The Morgan fingerprint density at radius 3 is 2.75 bits per heavy atom. The van der Waals surface area contributed by atoms with Crippen LogP contribution in [0.4, 0.5) is 0 Å². The summed E-state index contributed by atoms with van der Waals surface area (Å²) in [5, 5.41) is 4.25. The lowest BCUT2D eigenvalue weighted by atomic mass is 10.0. The highest BCUT2D eigenvalue weighted by Crippen LogP contribution is 2.25. The predicted molar refractivity (Wildman–Crippen MR) is 108 cm³/mol. The van der Waals surface area contributed by atoms with Crippen molar-refractivity contribution in [3.05, 3.63) is 59.7 Å². The number of benzene rings is 2. The van der Waals surface area contributed by atoms with Crippen LogP contribution in [0.3, 0.4) is 0 Å². The van der Waals surface area contributed by atoms with E-state index in [9.17, 15) is 4.79 Å². The number of amides is 1. The van der Waals surface area contributed by atoms with Gasteiger partial charge in [0.2, 0.25) is 5.91 Å². The maximum Gasteiger partial charge on any atom is 0.222 e. The van der Waals surface area contributed by atoms with Crippen molar-refractivity contribution in [2.24, 2.45) is 5.16 Å². The lowest BCUT2D eigenvalue weighted by molar-refractivity contribution is -0.133. The van der Waals surface area contributed by atoms with Crippen molar-refractivity contribution in [1.82, 2.24) is 4.90 Å². The predicted octanol–water partition coefficient (Wildman–Crippen LogP) is 3.64. The van der Waals surface area contributed by atoms with Crippen LogP contribution in [0, 0.1) is 0 Å². The largest absolute Gasteiger partial charge is 0.497 e. The molecule has 1 unspecified atom stereocenters. The second-order valence-electron chi connectivity index (χ2n) is 6.65. The molecule has 1 atom stereocenters. The summed E-state index contributed by atoms with van der Waals surface area (Å²) in [4.78, 5) is 20.0. The SMILES string of the molecule is CCC(=O)N(Cc1cccc(OC)c1)CC1CC(c2ccccc2OC)=NO1. The molecule has 1 aliphatic rings. The number of hydrogen-bond donors (Lipinski definition) is 0. The smallest absolute Gasteiger partial charge is 0.222 e. The molecule has 1 aliphatic heterocycles. The summed E-state index contributed by atoms with van der Waals surface area (Å²) in [6, 6.07) is 15.5. The van der Waals surface area contributed by atoms with Crippen molar-refractivity contribution in [2.45, 2.75) is 32.4 Å². The van der Waals surface area contributed by atoms with E-state index in [1.807, 2.05) is 60.4 Å². The fourth-order valence-corrected chi connectivity index (χ4v) is 3.28. The van der Waals surface area contributed by atoms with Crippen molar-refractivity contribution in [3.63, 3.8) is 0 Å². The molecule has 0 aliphatic carbocycles. The van der Waals surface area contributed by atoms with E-state index in [0.29, 0.717) is 25.9 Å². The van der Waals surface area contributed by atoms with Crippen molar-refractivity contribution < 1.29 is 19.1 Å². The highest BCUT2D eigenvalue weighted by atomic mass is 16.6. The van der Waals surface area contributed by atoms with Gasteiger partial charge in [0.15, 0.2) is 6.10 Å². The summed E-state index contributed by atoms with van der Waals surface area (Å²) in [6.07, 6.45) is 0.893. The van der Waals surface area contributed by atoms with Crippen LogP contribution in [0.25, 0.3) is 0 Å². The van der Waals surface area contributed by atoms with Gasteiger partial charge in [-0.3, -0.25) is 4.79 Å². The minimum absolute atomic E-state index is 0.0807. The maximum atomic E-state index is 12.5. The third-order valence-electron chi connectivity index (χ3n) is 4.74. The van der Waals surface area contributed by atoms with Crippen LogP contribution in [0.15, 0.2) is 53.7 Å². The fourth-order valence-electron chi connectivity index (χ4n) is 3.28. The van der Waals surface area contributed by atoms with Crippen molar-refractivity contribution in [2.75, 3.05) is 20.8 Å². The molecule has 1 amide bonds. The number of nitrogens with zero attached hydrogens (tertiary/aromatic N) is 2. The topological polar surface area (TPSA) is 60.4 Å². The van der Waals surface area contributed by atoms with E-state index in [2.05, 4.69) is 5.16 Å². The molecule has 6 heteroatoms. The number of methoxy groups -OCH3 is 2. The zero-order valence-electron chi connectivity index (χ0n) is 16.6. The van der Waals surface area contributed by atoms with Gasteiger partial charge >= 0.3 is 0 Å². The van der Waals surface area contributed by atoms with Crippen LogP contribution in [0.2, 0.25) is 0 Å². The van der Waals surface area contributed by atoms with Crippen LogP contribution in [-0.2, 0) is 16.2 Å². The van der Waals surface area contributed by atoms with Gasteiger partial charge in [-0.2, -0.15) is 0 Å². The normalized spacial score (nSPS) is 15.5. The summed E-state index contributed by atoms with van der Waals surface area (Å²) in [6.45, 7) is 2.85. The Balaban J connectivity index is 1.68. The van der Waals surface area contributed by atoms with Crippen molar-refractivity contribution in [3.8, 4) is 11.5 Å². The average molecular weight is 382 g/mol. The van der Waals surface area contributed by atoms with Crippen LogP contribution in [0.1, 0.15) is 30.9 Å². The van der Waals surface area contributed by atoms with Gasteiger partial charge in [-0.25, -0.2) is 0 Å². The van der Waals surface area contributed by atoms with Crippen LogP contribution >= 0.6 is 0 Å². The fraction of sp³-hybridized carbons (Fsp3) is 0.364. The van der Waals surface area contributed by atoms with E-state index in [1.165, 1.54) is 0 Å². The lowest BCUT2D eigenvalue weighted by Crippen LogP contribution is -2.36. The summed E-state index contributed by atoms with van der Waals surface area (Å²) in [5.74, 6) is 1.63. The number of carbonyl (C=O) groups is 1. The Hall–Kier alpha value is -3.02. The third-order valence-corrected chi connectivity index (χ3v) is 4.74. The third kappa shape index (κ3) is 4.63. The molecule has 28 heavy (non-hydrogen) atoms. The van der Waals surface area contributed by atoms with Gasteiger partial charge in [0.1, 0.15) is 11.5 Å². The lowest BCUT2D eigenvalue weighted by Gasteiger charge is -2.24. The van der Waals surface area contributed by atoms with E-state index in [-0.39, 0.29) is 12.0 Å². The van der Waals surface area contributed by atoms with Gasteiger partial charge in [-0.15, -0.1) is 0 Å². The molecule has 2 aromatic carbocycles. The number of para-hydroxylation sites is 1. The Bertz CT molecular complexity index is 850. The van der Waals surface area contributed by atoms with Crippen LogP contribution in [0.5, 0.6) is 11.5 Å². The molecule has 0 radical (unpaired) electrons. The summed E-state index contributed by atoms with van der Waals surface area (Å²) >= 11 is 0. The molecule has 0 bridgehead atoms. The minimum Gasteiger partial charge on any atom is -0.497 e. The molecular formula is C22H26N2O4. The molecule has 0 spiro atoms. The molecule has 0 N–H and O–H groups in total. The number of oxime groups is 1. The first-order valence-corrected chi connectivity index (χ1v) is 9.41. The second kappa shape index (κ2) is 9.26. The van der Waals surface area contributed by atoms with Gasteiger partial charge in [0, 0.05) is 24.9 Å². The summed E-state index contributed by atoms with van der Waals surface area (Å²) < 4.78 is 10.7. The molecule has 2 aromatic rings.